The maximum absolute atomic E-state index is 8.56. The first-order valence-corrected chi connectivity index (χ1v) is 2.13. The highest BCUT2D eigenvalue weighted by Gasteiger charge is 2.04. The van der Waals surface area contributed by atoms with Crippen LogP contribution in [0, 0.1) is 0 Å². The van der Waals surface area contributed by atoms with Gasteiger partial charge in [0.05, 0.1) is 0 Å². The fourth-order valence-corrected chi connectivity index (χ4v) is 0.239. The predicted molar refractivity (Wildman–Crippen MR) is 30.0 cm³/mol. The molecule has 2 nitrogen and oxygen atoms in total. The topological polar surface area (TPSA) is 29.5 Å². The molecule has 0 unspecified atom stereocenters. The minimum atomic E-state index is -0.669. The molecule has 0 atom stereocenters. The molecule has 0 aliphatic rings. The standard InChI is InChI=1S/C4H9BO2/c1-3-4-5(6)7-2/h3,6H,1,4H2,2H3. The molecule has 0 saturated heterocycles. The van der Waals surface area contributed by atoms with Gasteiger partial charge in [-0.25, -0.2) is 0 Å². The quantitative estimate of drug-likeness (QED) is 0.408. The Bertz CT molecular complexity index is 55.7. The molecule has 1 N–H and O–H groups in total. The third kappa shape index (κ3) is 3.56. The third-order valence-corrected chi connectivity index (χ3v) is 0.640. The van der Waals surface area contributed by atoms with Crippen molar-refractivity contribution in [3.8, 4) is 0 Å². The van der Waals surface area contributed by atoms with Crippen molar-refractivity contribution in [2.75, 3.05) is 7.11 Å². The molecule has 7 heavy (non-hydrogen) atoms. The summed E-state index contributed by atoms with van der Waals surface area (Å²) in [5, 5.41) is 8.56. The summed E-state index contributed by atoms with van der Waals surface area (Å²) >= 11 is 0. The normalized spacial score (nSPS) is 8.29. The van der Waals surface area contributed by atoms with Gasteiger partial charge in [0.1, 0.15) is 0 Å². The van der Waals surface area contributed by atoms with Crippen molar-refractivity contribution in [2.45, 2.75) is 6.32 Å². The zero-order valence-corrected chi connectivity index (χ0v) is 4.42. The molecule has 0 bridgehead atoms. The molecule has 0 aromatic heterocycles. The average molecular weight is 99.9 g/mol. The molecule has 0 spiro atoms. The summed E-state index contributed by atoms with van der Waals surface area (Å²) in [6.45, 7) is 3.41. The number of allylic oxidation sites excluding steroid dienone is 1. The van der Waals surface area contributed by atoms with Crippen molar-refractivity contribution < 1.29 is 9.68 Å². The Hall–Kier alpha value is -0.275. The van der Waals surface area contributed by atoms with Crippen LogP contribution in [-0.2, 0) is 4.65 Å². The first-order valence-electron chi connectivity index (χ1n) is 2.13. The Kier molecular flexibility index (Phi) is 3.75. The highest BCUT2D eigenvalue weighted by Crippen LogP contribution is 1.86. The molecule has 40 valence electrons. The Morgan fingerprint density at radius 2 is 2.57 bits per heavy atom. The van der Waals surface area contributed by atoms with Crippen LogP contribution < -0.4 is 0 Å². The van der Waals surface area contributed by atoms with Crippen molar-refractivity contribution in [1.82, 2.24) is 0 Å². The number of hydrogen-bond donors (Lipinski definition) is 1. The fraction of sp³-hybridized carbons (Fsp3) is 0.500. The minimum absolute atomic E-state index is 0.497. The summed E-state index contributed by atoms with van der Waals surface area (Å²) in [6.07, 6.45) is 2.10. The van der Waals surface area contributed by atoms with Crippen molar-refractivity contribution >= 4 is 7.12 Å². The van der Waals surface area contributed by atoms with E-state index in [-0.39, 0.29) is 0 Å². The largest absolute Gasteiger partial charge is 0.457 e. The van der Waals surface area contributed by atoms with Crippen LogP contribution >= 0.6 is 0 Å². The van der Waals surface area contributed by atoms with Gasteiger partial charge in [0.2, 0.25) is 0 Å². The summed E-state index contributed by atoms with van der Waals surface area (Å²) in [7, 11) is 0.784. The molecule has 3 heteroatoms. The summed E-state index contributed by atoms with van der Waals surface area (Å²) < 4.78 is 4.47. The smallest absolute Gasteiger partial charge is 0.427 e. The first kappa shape index (κ1) is 6.72. The zero-order chi connectivity index (χ0) is 5.70. The van der Waals surface area contributed by atoms with E-state index in [2.05, 4.69) is 11.2 Å². The second-order valence-electron chi connectivity index (χ2n) is 1.21. The number of hydrogen-bond acceptors (Lipinski definition) is 2. The van der Waals surface area contributed by atoms with E-state index in [0.29, 0.717) is 6.32 Å². The molecule has 0 aromatic rings. The van der Waals surface area contributed by atoms with Gasteiger partial charge >= 0.3 is 7.12 Å². The molecule has 0 saturated carbocycles. The van der Waals surface area contributed by atoms with E-state index in [1.165, 1.54) is 7.11 Å². The Labute approximate surface area is 43.9 Å². The molecular weight excluding hydrogens is 90.9 g/mol. The second-order valence-corrected chi connectivity index (χ2v) is 1.21. The highest BCUT2D eigenvalue weighted by atomic mass is 16.5. The lowest BCUT2D eigenvalue weighted by Crippen LogP contribution is -2.12. The van der Waals surface area contributed by atoms with Crippen LogP contribution in [0.2, 0.25) is 6.32 Å². The van der Waals surface area contributed by atoms with E-state index in [9.17, 15) is 0 Å². The van der Waals surface area contributed by atoms with Crippen LogP contribution in [0.25, 0.3) is 0 Å². The molecule has 0 heterocycles. The molecule has 0 fully saturated rings. The molecule has 0 amide bonds. The monoisotopic (exact) mass is 100 g/mol. The van der Waals surface area contributed by atoms with E-state index >= 15 is 0 Å². The lowest BCUT2D eigenvalue weighted by molar-refractivity contribution is 0.330. The van der Waals surface area contributed by atoms with Gasteiger partial charge in [-0.3, -0.25) is 0 Å². The van der Waals surface area contributed by atoms with Crippen LogP contribution in [0.3, 0.4) is 0 Å². The van der Waals surface area contributed by atoms with Gasteiger partial charge in [-0.2, -0.15) is 0 Å². The lowest BCUT2D eigenvalue weighted by Gasteiger charge is -1.94. The summed E-state index contributed by atoms with van der Waals surface area (Å²) in [6, 6.07) is 0. The van der Waals surface area contributed by atoms with Crippen LogP contribution in [0.5, 0.6) is 0 Å². The van der Waals surface area contributed by atoms with Crippen molar-refractivity contribution in [1.29, 1.82) is 0 Å². The Morgan fingerprint density at radius 1 is 2.00 bits per heavy atom. The Balaban J connectivity index is 2.98. The van der Waals surface area contributed by atoms with Crippen molar-refractivity contribution in [3.63, 3.8) is 0 Å². The van der Waals surface area contributed by atoms with Gasteiger partial charge in [-0.15, -0.1) is 6.58 Å². The second kappa shape index (κ2) is 3.90. The van der Waals surface area contributed by atoms with E-state index in [1.54, 1.807) is 6.08 Å². The van der Waals surface area contributed by atoms with Gasteiger partial charge in [0.15, 0.2) is 0 Å². The van der Waals surface area contributed by atoms with Gasteiger partial charge in [0.25, 0.3) is 0 Å². The molecule has 0 rings (SSSR count). The van der Waals surface area contributed by atoms with Gasteiger partial charge in [-0.1, -0.05) is 6.08 Å². The number of rotatable bonds is 3. The first-order chi connectivity index (χ1) is 3.31. The SMILES string of the molecule is C=CCB(O)OC. The maximum Gasteiger partial charge on any atom is 0.457 e. The van der Waals surface area contributed by atoms with E-state index in [1.807, 2.05) is 0 Å². The zero-order valence-electron chi connectivity index (χ0n) is 4.42. The third-order valence-electron chi connectivity index (χ3n) is 0.640. The highest BCUT2D eigenvalue weighted by molar-refractivity contribution is 6.43. The van der Waals surface area contributed by atoms with Crippen molar-refractivity contribution in [2.24, 2.45) is 0 Å². The van der Waals surface area contributed by atoms with Crippen LogP contribution in [0.1, 0.15) is 0 Å². The summed E-state index contributed by atoms with van der Waals surface area (Å²) in [4.78, 5) is 0. The van der Waals surface area contributed by atoms with Crippen LogP contribution in [0.15, 0.2) is 12.7 Å². The Morgan fingerprint density at radius 3 is 2.71 bits per heavy atom. The predicted octanol–water partition coefficient (Wildman–Crippen LogP) is 0.299. The summed E-state index contributed by atoms with van der Waals surface area (Å²) in [5.41, 5.74) is 0. The van der Waals surface area contributed by atoms with Gasteiger partial charge in [-0.05, 0) is 6.32 Å². The molecule has 0 aliphatic heterocycles. The molecule has 0 aliphatic carbocycles. The maximum atomic E-state index is 8.56. The molecular formula is C4H9BO2. The summed E-state index contributed by atoms with van der Waals surface area (Å²) in [5.74, 6) is 0. The van der Waals surface area contributed by atoms with Crippen LogP contribution in [0.4, 0.5) is 0 Å². The van der Waals surface area contributed by atoms with Gasteiger partial charge < -0.3 is 9.68 Å². The van der Waals surface area contributed by atoms with Gasteiger partial charge in [0, 0.05) is 7.11 Å². The van der Waals surface area contributed by atoms with E-state index < -0.39 is 7.12 Å². The minimum Gasteiger partial charge on any atom is -0.427 e. The lowest BCUT2D eigenvalue weighted by atomic mass is 9.86. The van der Waals surface area contributed by atoms with Crippen molar-refractivity contribution in [3.05, 3.63) is 12.7 Å². The molecule has 0 aromatic carbocycles. The molecule has 0 radical (unpaired) electrons. The average Bonchev–Trinajstić information content (AvgIpc) is 1.68. The van der Waals surface area contributed by atoms with Crippen LogP contribution in [-0.4, -0.2) is 19.3 Å². The van der Waals surface area contributed by atoms with E-state index in [0.717, 1.165) is 0 Å². The fourth-order valence-electron chi connectivity index (χ4n) is 0.239. The van der Waals surface area contributed by atoms with E-state index in [4.69, 9.17) is 5.02 Å².